The molecule has 0 spiro atoms. The third-order valence-corrected chi connectivity index (χ3v) is 2.97. The Bertz CT molecular complexity index is 434. The molecule has 0 saturated heterocycles. The quantitative estimate of drug-likeness (QED) is 0.702. The average molecular weight is 323 g/mol. The van der Waals surface area contributed by atoms with Crippen LogP contribution in [0.1, 0.15) is 52.0 Å². The minimum Gasteiger partial charge on any atom is -0.481 e. The molecule has 1 atom stereocenters. The van der Waals surface area contributed by atoms with Gasteiger partial charge in [-0.2, -0.15) is 0 Å². The van der Waals surface area contributed by atoms with Crippen molar-refractivity contribution in [1.82, 2.24) is 5.32 Å². The summed E-state index contributed by atoms with van der Waals surface area (Å²) >= 11 is 0. The molecule has 0 aliphatic rings. The third-order valence-electron chi connectivity index (χ3n) is 2.97. The second-order valence-corrected chi connectivity index (χ2v) is 5.43. The third kappa shape index (κ3) is 12.2. The van der Waals surface area contributed by atoms with Gasteiger partial charge in [-0.05, 0) is 18.4 Å². The lowest BCUT2D eigenvalue weighted by Gasteiger charge is -2.08. The fourth-order valence-electron chi connectivity index (χ4n) is 1.66. The number of hydrogen-bond acceptors (Lipinski definition) is 3. The summed E-state index contributed by atoms with van der Waals surface area (Å²) in [5.74, 6) is -1.11. The summed E-state index contributed by atoms with van der Waals surface area (Å²) in [5.41, 5.74) is 0.943. The van der Waals surface area contributed by atoms with Crippen molar-refractivity contribution < 1.29 is 19.4 Å². The number of nitrogens with one attached hydrogen (secondary N) is 1. The molecule has 1 amide bonds. The first-order chi connectivity index (χ1) is 11.0. The van der Waals surface area contributed by atoms with Gasteiger partial charge in [0.25, 0.3) is 0 Å². The number of ether oxygens (including phenoxy) is 1. The zero-order valence-corrected chi connectivity index (χ0v) is 14.4. The van der Waals surface area contributed by atoms with Crippen LogP contribution in [0.15, 0.2) is 30.3 Å². The van der Waals surface area contributed by atoms with Crippen molar-refractivity contribution in [3.8, 4) is 0 Å². The van der Waals surface area contributed by atoms with Crippen LogP contribution in [0.5, 0.6) is 0 Å². The minimum absolute atomic E-state index is 0.253. The Labute approximate surface area is 139 Å². The summed E-state index contributed by atoms with van der Waals surface area (Å²) in [6.45, 7) is 6.69. The van der Waals surface area contributed by atoms with Gasteiger partial charge in [0.05, 0.1) is 5.92 Å². The zero-order chi connectivity index (χ0) is 17.5. The molecule has 2 N–H and O–H groups in total. The molecule has 0 heterocycles. The van der Waals surface area contributed by atoms with Crippen molar-refractivity contribution in [3.63, 3.8) is 0 Å². The van der Waals surface area contributed by atoms with Crippen molar-refractivity contribution in [2.75, 3.05) is 6.54 Å². The standard InChI is InChI=1S/C15H21NO4.C3H8/c1-12(14(17)18)7-5-6-10-16-15(19)20-11-13-8-3-2-4-9-13;1-3-2/h2-4,8-9,12H,5-7,10-11H2,1H3,(H,16,19)(H,17,18);3H2,1-2H3/t12-;/m1./s1. The Balaban J connectivity index is 0.00000149. The lowest BCUT2D eigenvalue weighted by molar-refractivity contribution is -0.141. The highest BCUT2D eigenvalue weighted by atomic mass is 16.5. The monoisotopic (exact) mass is 323 g/mol. The van der Waals surface area contributed by atoms with Gasteiger partial charge in [-0.1, -0.05) is 63.9 Å². The second kappa shape index (κ2) is 13.6. The largest absolute Gasteiger partial charge is 0.481 e. The number of alkyl carbamates (subject to hydrolysis) is 1. The molecule has 0 radical (unpaired) electrons. The number of aliphatic carboxylic acids is 1. The summed E-state index contributed by atoms with van der Waals surface area (Å²) < 4.78 is 5.05. The van der Waals surface area contributed by atoms with Crippen LogP contribution in [-0.4, -0.2) is 23.7 Å². The lowest BCUT2D eigenvalue weighted by atomic mass is 10.0. The topological polar surface area (TPSA) is 75.6 Å². The van der Waals surface area contributed by atoms with Crippen LogP contribution in [0.4, 0.5) is 4.79 Å². The van der Waals surface area contributed by atoms with Gasteiger partial charge in [-0.15, -0.1) is 0 Å². The van der Waals surface area contributed by atoms with Crippen molar-refractivity contribution in [2.24, 2.45) is 5.92 Å². The molecular formula is C18H29NO4. The van der Waals surface area contributed by atoms with Crippen LogP contribution in [0.2, 0.25) is 0 Å². The number of benzene rings is 1. The lowest BCUT2D eigenvalue weighted by Crippen LogP contribution is -2.25. The highest BCUT2D eigenvalue weighted by molar-refractivity contribution is 5.69. The van der Waals surface area contributed by atoms with Crippen LogP contribution < -0.4 is 5.32 Å². The SMILES string of the molecule is CCC.C[C@H](CCCCNC(=O)OCc1ccccc1)C(=O)O. The molecule has 23 heavy (non-hydrogen) atoms. The van der Waals surface area contributed by atoms with Crippen LogP contribution in [0.3, 0.4) is 0 Å². The summed E-state index contributed by atoms with van der Waals surface area (Å²) in [5, 5.41) is 11.4. The number of rotatable bonds is 8. The van der Waals surface area contributed by atoms with Crippen LogP contribution in [0.25, 0.3) is 0 Å². The molecule has 0 aromatic heterocycles. The maximum Gasteiger partial charge on any atom is 0.407 e. The Hall–Kier alpha value is -2.04. The molecule has 0 aliphatic heterocycles. The van der Waals surface area contributed by atoms with E-state index in [-0.39, 0.29) is 12.5 Å². The number of carbonyl (C=O) groups is 2. The molecule has 5 nitrogen and oxygen atoms in total. The minimum atomic E-state index is -0.778. The van der Waals surface area contributed by atoms with Gasteiger partial charge in [-0.3, -0.25) is 4.79 Å². The molecule has 0 bridgehead atoms. The Morgan fingerprint density at radius 1 is 1.17 bits per heavy atom. The summed E-state index contributed by atoms with van der Waals surface area (Å²) in [4.78, 5) is 22.0. The number of carboxylic acid groups (broad SMARTS) is 1. The highest BCUT2D eigenvalue weighted by Crippen LogP contribution is 2.07. The number of carboxylic acids is 1. The van der Waals surface area contributed by atoms with E-state index in [0.717, 1.165) is 18.4 Å². The fourth-order valence-corrected chi connectivity index (χ4v) is 1.66. The molecular weight excluding hydrogens is 294 g/mol. The molecule has 130 valence electrons. The first kappa shape index (κ1) is 21.0. The van der Waals surface area contributed by atoms with E-state index in [1.54, 1.807) is 6.92 Å². The first-order valence-corrected chi connectivity index (χ1v) is 8.18. The molecule has 0 unspecified atom stereocenters. The molecule has 0 aliphatic carbocycles. The number of unbranched alkanes of at least 4 members (excludes halogenated alkanes) is 1. The van der Waals surface area contributed by atoms with Gasteiger partial charge in [0.15, 0.2) is 0 Å². The van der Waals surface area contributed by atoms with Crippen molar-refractivity contribution in [1.29, 1.82) is 0 Å². The van der Waals surface area contributed by atoms with Gasteiger partial charge < -0.3 is 15.2 Å². The summed E-state index contributed by atoms with van der Waals surface area (Å²) in [6.07, 6.45) is 2.95. The van der Waals surface area contributed by atoms with E-state index in [1.807, 2.05) is 30.3 Å². The maximum absolute atomic E-state index is 11.4. The molecule has 0 fully saturated rings. The number of hydrogen-bond donors (Lipinski definition) is 2. The van der Waals surface area contributed by atoms with E-state index in [1.165, 1.54) is 6.42 Å². The van der Waals surface area contributed by atoms with Gasteiger partial charge in [0.2, 0.25) is 0 Å². The van der Waals surface area contributed by atoms with Crippen molar-refractivity contribution >= 4 is 12.1 Å². The molecule has 0 saturated carbocycles. The highest BCUT2D eigenvalue weighted by Gasteiger charge is 2.09. The van der Waals surface area contributed by atoms with Crippen molar-refractivity contribution in [3.05, 3.63) is 35.9 Å². The molecule has 1 rings (SSSR count). The first-order valence-electron chi connectivity index (χ1n) is 8.18. The van der Waals surface area contributed by atoms with E-state index in [9.17, 15) is 9.59 Å². The van der Waals surface area contributed by atoms with E-state index in [4.69, 9.17) is 9.84 Å². The predicted octanol–water partition coefficient (Wildman–Crippen LogP) is 4.22. The number of amides is 1. The van der Waals surface area contributed by atoms with E-state index < -0.39 is 12.1 Å². The van der Waals surface area contributed by atoms with Gasteiger partial charge in [0.1, 0.15) is 6.61 Å². The number of carbonyl (C=O) groups excluding carboxylic acids is 1. The maximum atomic E-state index is 11.4. The summed E-state index contributed by atoms with van der Waals surface area (Å²) in [7, 11) is 0. The van der Waals surface area contributed by atoms with Crippen LogP contribution >= 0.6 is 0 Å². The van der Waals surface area contributed by atoms with E-state index >= 15 is 0 Å². The molecule has 5 heteroatoms. The smallest absolute Gasteiger partial charge is 0.407 e. The second-order valence-electron chi connectivity index (χ2n) is 5.43. The molecule has 1 aromatic rings. The van der Waals surface area contributed by atoms with E-state index in [2.05, 4.69) is 19.2 Å². The van der Waals surface area contributed by atoms with Gasteiger partial charge in [0, 0.05) is 6.54 Å². The van der Waals surface area contributed by atoms with Crippen LogP contribution in [0, 0.1) is 5.92 Å². The zero-order valence-electron chi connectivity index (χ0n) is 14.4. The van der Waals surface area contributed by atoms with Crippen LogP contribution in [-0.2, 0) is 16.1 Å². The van der Waals surface area contributed by atoms with Gasteiger partial charge in [-0.25, -0.2) is 4.79 Å². The normalized spacial score (nSPS) is 10.9. The van der Waals surface area contributed by atoms with E-state index in [0.29, 0.717) is 13.0 Å². The Morgan fingerprint density at radius 3 is 2.35 bits per heavy atom. The van der Waals surface area contributed by atoms with Crippen molar-refractivity contribution in [2.45, 2.75) is 53.1 Å². The average Bonchev–Trinajstić information content (AvgIpc) is 2.54. The Morgan fingerprint density at radius 2 is 1.78 bits per heavy atom. The molecule has 1 aromatic carbocycles. The fraction of sp³-hybridized carbons (Fsp3) is 0.556. The Kier molecular flexibility index (Phi) is 12.4. The van der Waals surface area contributed by atoms with Gasteiger partial charge >= 0.3 is 12.1 Å². The predicted molar refractivity (Wildman–Crippen MR) is 91.2 cm³/mol. The summed E-state index contributed by atoms with van der Waals surface area (Å²) in [6, 6.07) is 9.46.